The number of hydrogen-bond acceptors (Lipinski definition) is 4. The summed E-state index contributed by atoms with van der Waals surface area (Å²) in [7, 11) is 0. The van der Waals surface area contributed by atoms with Gasteiger partial charge in [0.1, 0.15) is 11.4 Å². The Morgan fingerprint density at radius 3 is 2.50 bits per heavy atom. The van der Waals surface area contributed by atoms with Crippen LogP contribution in [0.25, 0.3) is 11.3 Å². The lowest BCUT2D eigenvalue weighted by molar-refractivity contribution is 0.242. The highest BCUT2D eigenvalue weighted by molar-refractivity contribution is 5.62. The summed E-state index contributed by atoms with van der Waals surface area (Å²) in [4.78, 5) is 11.1. The molecule has 18 heavy (non-hydrogen) atoms. The lowest BCUT2D eigenvalue weighted by atomic mass is 10.1. The molecule has 1 heterocycles. The van der Waals surface area contributed by atoms with E-state index in [9.17, 15) is 4.79 Å². The molecule has 0 atom stereocenters. The van der Waals surface area contributed by atoms with Crippen molar-refractivity contribution in [3.05, 3.63) is 40.7 Å². The van der Waals surface area contributed by atoms with Crippen LogP contribution >= 0.6 is 0 Å². The third kappa shape index (κ3) is 2.68. The number of rotatable bonds is 3. The molecule has 5 heteroatoms. The lowest BCUT2D eigenvalue weighted by Crippen LogP contribution is -2.13. The highest BCUT2D eigenvalue weighted by Gasteiger charge is 2.03. The summed E-state index contributed by atoms with van der Waals surface area (Å²) in [5, 5.41) is 6.29. The van der Waals surface area contributed by atoms with Crippen LogP contribution in [-0.4, -0.2) is 16.3 Å². The molecule has 0 unspecified atom stereocenters. The van der Waals surface area contributed by atoms with E-state index in [0.717, 1.165) is 11.3 Å². The number of nitrogens with one attached hydrogen (secondary N) is 1. The summed E-state index contributed by atoms with van der Waals surface area (Å²) in [5.74, 6) is 0.797. The van der Waals surface area contributed by atoms with Crippen molar-refractivity contribution in [2.24, 2.45) is 0 Å². The average molecular weight is 245 g/mol. The highest BCUT2D eigenvalue weighted by atomic mass is 16.5. The van der Waals surface area contributed by atoms with Crippen molar-refractivity contribution in [2.75, 3.05) is 5.73 Å². The second-order valence-corrected chi connectivity index (χ2v) is 4.23. The number of aromatic amines is 1. The Hall–Kier alpha value is -2.30. The molecule has 0 bridgehead atoms. The van der Waals surface area contributed by atoms with Gasteiger partial charge in [-0.2, -0.15) is 5.10 Å². The van der Waals surface area contributed by atoms with E-state index in [1.165, 1.54) is 0 Å². The number of aromatic nitrogens is 2. The fraction of sp³-hybridized carbons (Fsp3) is 0.231. The van der Waals surface area contributed by atoms with E-state index in [-0.39, 0.29) is 17.4 Å². The van der Waals surface area contributed by atoms with Crippen LogP contribution in [0.5, 0.6) is 5.75 Å². The maximum Gasteiger partial charge on any atom is 0.287 e. The predicted molar refractivity (Wildman–Crippen MR) is 70.5 cm³/mol. The van der Waals surface area contributed by atoms with Crippen molar-refractivity contribution >= 4 is 5.69 Å². The first-order chi connectivity index (χ1) is 8.56. The monoisotopic (exact) mass is 245 g/mol. The Labute approximate surface area is 105 Å². The molecule has 0 amide bonds. The SMILES string of the molecule is CC(C)Oc1ccc(-c2cc(N)c(=O)[nH]n2)cc1. The van der Waals surface area contributed by atoms with Gasteiger partial charge in [-0.05, 0) is 44.2 Å². The molecule has 2 aromatic rings. The molecule has 3 N–H and O–H groups in total. The molecular formula is C13H15N3O2. The minimum Gasteiger partial charge on any atom is -0.491 e. The summed E-state index contributed by atoms with van der Waals surface area (Å²) in [6.45, 7) is 3.94. The van der Waals surface area contributed by atoms with Crippen LogP contribution < -0.4 is 16.0 Å². The number of nitrogens with zero attached hydrogens (tertiary/aromatic N) is 1. The molecule has 2 rings (SSSR count). The predicted octanol–water partition coefficient (Wildman–Crippen LogP) is 1.81. The number of nitrogens with two attached hydrogens (primary N) is 1. The van der Waals surface area contributed by atoms with Crippen LogP contribution in [0.4, 0.5) is 5.69 Å². The molecule has 94 valence electrons. The molecule has 1 aromatic carbocycles. The molecule has 1 aromatic heterocycles. The average Bonchev–Trinajstić information content (AvgIpc) is 2.33. The van der Waals surface area contributed by atoms with Crippen LogP contribution in [0.3, 0.4) is 0 Å². The summed E-state index contributed by atoms with van der Waals surface area (Å²) in [6.07, 6.45) is 0.137. The fourth-order valence-corrected chi connectivity index (χ4v) is 1.54. The van der Waals surface area contributed by atoms with Gasteiger partial charge in [-0.25, -0.2) is 5.10 Å². The second kappa shape index (κ2) is 4.91. The van der Waals surface area contributed by atoms with Gasteiger partial charge in [0.25, 0.3) is 5.56 Å². The Morgan fingerprint density at radius 1 is 1.28 bits per heavy atom. The van der Waals surface area contributed by atoms with Crippen molar-refractivity contribution in [1.29, 1.82) is 0 Å². The first kappa shape index (κ1) is 12.2. The van der Waals surface area contributed by atoms with E-state index in [1.807, 2.05) is 38.1 Å². The summed E-state index contributed by atoms with van der Waals surface area (Å²) in [5.41, 5.74) is 6.82. The molecule has 0 radical (unpaired) electrons. The van der Waals surface area contributed by atoms with Gasteiger partial charge >= 0.3 is 0 Å². The van der Waals surface area contributed by atoms with Gasteiger partial charge < -0.3 is 10.5 Å². The maximum atomic E-state index is 11.1. The summed E-state index contributed by atoms with van der Waals surface area (Å²) >= 11 is 0. The van der Waals surface area contributed by atoms with Gasteiger partial charge in [-0.15, -0.1) is 0 Å². The summed E-state index contributed by atoms with van der Waals surface area (Å²) < 4.78 is 5.54. The van der Waals surface area contributed by atoms with Crippen LogP contribution in [0.15, 0.2) is 35.1 Å². The number of benzene rings is 1. The van der Waals surface area contributed by atoms with E-state index >= 15 is 0 Å². The fourth-order valence-electron chi connectivity index (χ4n) is 1.54. The Bertz CT molecular complexity index is 588. The van der Waals surface area contributed by atoms with Gasteiger partial charge in [0.2, 0.25) is 0 Å². The lowest BCUT2D eigenvalue weighted by Gasteiger charge is -2.09. The van der Waals surface area contributed by atoms with Crippen molar-refractivity contribution in [2.45, 2.75) is 20.0 Å². The number of hydrogen-bond donors (Lipinski definition) is 2. The minimum atomic E-state index is -0.376. The molecule has 0 spiro atoms. The zero-order chi connectivity index (χ0) is 13.1. The van der Waals surface area contributed by atoms with Crippen molar-refractivity contribution in [1.82, 2.24) is 10.2 Å². The molecule has 5 nitrogen and oxygen atoms in total. The smallest absolute Gasteiger partial charge is 0.287 e. The molecule has 0 saturated heterocycles. The van der Waals surface area contributed by atoms with Crippen LogP contribution in [0.2, 0.25) is 0 Å². The Balaban J connectivity index is 2.28. The van der Waals surface area contributed by atoms with E-state index in [2.05, 4.69) is 10.2 Å². The Kier molecular flexibility index (Phi) is 3.32. The van der Waals surface area contributed by atoms with E-state index in [4.69, 9.17) is 10.5 Å². The van der Waals surface area contributed by atoms with Crippen molar-refractivity contribution in [3.63, 3.8) is 0 Å². The highest BCUT2D eigenvalue weighted by Crippen LogP contribution is 2.21. The normalized spacial score (nSPS) is 10.6. The quantitative estimate of drug-likeness (QED) is 0.864. The molecule has 0 fully saturated rings. The third-order valence-electron chi connectivity index (χ3n) is 2.35. The molecule has 0 aliphatic carbocycles. The van der Waals surface area contributed by atoms with Crippen LogP contribution in [-0.2, 0) is 0 Å². The largest absolute Gasteiger partial charge is 0.491 e. The van der Waals surface area contributed by atoms with Gasteiger partial charge in [-0.3, -0.25) is 4.79 Å². The molecule has 0 aliphatic heterocycles. The van der Waals surface area contributed by atoms with E-state index in [1.54, 1.807) is 6.07 Å². The second-order valence-electron chi connectivity index (χ2n) is 4.23. The standard InChI is InChI=1S/C13H15N3O2/c1-8(2)18-10-5-3-9(4-6-10)12-7-11(14)13(17)16-15-12/h3-8H,1-2H3,(H2,14,15)(H,16,17). The van der Waals surface area contributed by atoms with Crippen molar-refractivity contribution in [3.8, 4) is 17.0 Å². The summed E-state index contributed by atoms with van der Waals surface area (Å²) in [6, 6.07) is 9.02. The zero-order valence-corrected chi connectivity index (χ0v) is 10.3. The molecule has 0 saturated carbocycles. The maximum absolute atomic E-state index is 11.1. The zero-order valence-electron chi connectivity index (χ0n) is 10.3. The van der Waals surface area contributed by atoms with Gasteiger partial charge in [-0.1, -0.05) is 0 Å². The van der Waals surface area contributed by atoms with Gasteiger partial charge in [0.05, 0.1) is 11.8 Å². The first-order valence-corrected chi connectivity index (χ1v) is 5.68. The number of H-pyrrole nitrogens is 1. The number of ether oxygens (including phenoxy) is 1. The topological polar surface area (TPSA) is 81.0 Å². The van der Waals surface area contributed by atoms with Crippen LogP contribution in [0, 0.1) is 0 Å². The Morgan fingerprint density at radius 2 is 1.94 bits per heavy atom. The molecular weight excluding hydrogens is 230 g/mol. The third-order valence-corrected chi connectivity index (χ3v) is 2.35. The minimum absolute atomic E-state index is 0.137. The van der Waals surface area contributed by atoms with E-state index in [0.29, 0.717) is 5.69 Å². The number of nitrogen functional groups attached to an aromatic ring is 1. The molecule has 0 aliphatic rings. The first-order valence-electron chi connectivity index (χ1n) is 5.68. The van der Waals surface area contributed by atoms with E-state index < -0.39 is 0 Å². The van der Waals surface area contributed by atoms with Gasteiger partial charge in [0, 0.05) is 5.56 Å². The number of anilines is 1. The van der Waals surface area contributed by atoms with Crippen LogP contribution in [0.1, 0.15) is 13.8 Å². The van der Waals surface area contributed by atoms with Gasteiger partial charge in [0.15, 0.2) is 0 Å². The van der Waals surface area contributed by atoms with Crippen molar-refractivity contribution < 1.29 is 4.74 Å².